The highest BCUT2D eigenvalue weighted by Gasteiger charge is 2.17. The van der Waals surface area contributed by atoms with Gasteiger partial charge >= 0.3 is 5.97 Å². The maximum atomic E-state index is 12.1. The van der Waals surface area contributed by atoms with Crippen molar-refractivity contribution in [3.8, 4) is 5.88 Å². The topological polar surface area (TPSA) is 103 Å². The number of hydrogen-bond acceptors (Lipinski definition) is 5. The first-order valence-corrected chi connectivity index (χ1v) is 6.00. The van der Waals surface area contributed by atoms with E-state index >= 15 is 0 Å². The summed E-state index contributed by atoms with van der Waals surface area (Å²) in [6, 6.07) is 6.09. The van der Waals surface area contributed by atoms with E-state index in [1.807, 2.05) is 0 Å². The molecule has 0 saturated carbocycles. The normalized spacial score (nSPS) is 10.7. The lowest BCUT2D eigenvalue weighted by molar-refractivity contribution is -0.384. The molecule has 8 heteroatoms. The van der Waals surface area contributed by atoms with Crippen molar-refractivity contribution in [2.24, 2.45) is 7.05 Å². The fourth-order valence-corrected chi connectivity index (χ4v) is 1.95. The number of aromatic nitrogens is 3. The molecule has 2 heterocycles. The van der Waals surface area contributed by atoms with Crippen LogP contribution in [-0.2, 0) is 7.05 Å². The predicted molar refractivity (Wildman–Crippen MR) is 73.1 cm³/mol. The lowest BCUT2D eigenvalue weighted by Gasteiger charge is -2.04. The van der Waals surface area contributed by atoms with Gasteiger partial charge in [0, 0.05) is 7.05 Å². The van der Waals surface area contributed by atoms with Crippen molar-refractivity contribution in [3.05, 3.63) is 52.5 Å². The van der Waals surface area contributed by atoms with Gasteiger partial charge in [-0.15, -0.1) is 0 Å². The second-order valence-corrected chi connectivity index (χ2v) is 4.43. The number of aryl methyl sites for hydroxylation is 1. The van der Waals surface area contributed by atoms with Crippen LogP contribution in [0.5, 0.6) is 5.88 Å². The molecule has 0 spiro atoms. The average molecular weight is 286 g/mol. The predicted octanol–water partition coefficient (Wildman–Crippen LogP) is 2.03. The quantitative estimate of drug-likeness (QED) is 0.450. The van der Waals surface area contributed by atoms with Gasteiger partial charge in [-0.25, -0.2) is 9.78 Å². The number of carbonyl (C=O) groups excluding carboxylic acids is 1. The molecule has 3 aromatic rings. The molecule has 2 aromatic heterocycles. The summed E-state index contributed by atoms with van der Waals surface area (Å²) in [4.78, 5) is 29.2. The number of aromatic amines is 1. The first-order chi connectivity index (χ1) is 10.0. The highest BCUT2D eigenvalue weighted by atomic mass is 16.6. The van der Waals surface area contributed by atoms with Gasteiger partial charge in [-0.05, 0) is 18.2 Å². The first-order valence-electron chi connectivity index (χ1n) is 6.00. The Morgan fingerprint density at radius 2 is 2.24 bits per heavy atom. The zero-order valence-electron chi connectivity index (χ0n) is 10.9. The van der Waals surface area contributed by atoms with E-state index in [1.165, 1.54) is 23.2 Å². The van der Waals surface area contributed by atoms with Crippen molar-refractivity contribution in [3.63, 3.8) is 0 Å². The third-order valence-corrected chi connectivity index (χ3v) is 3.01. The lowest BCUT2D eigenvalue weighted by atomic mass is 10.2. The number of rotatable bonds is 3. The van der Waals surface area contributed by atoms with Gasteiger partial charge in [-0.1, -0.05) is 0 Å². The summed E-state index contributed by atoms with van der Waals surface area (Å²) in [6.07, 6.45) is 2.81. The molecule has 21 heavy (non-hydrogen) atoms. The van der Waals surface area contributed by atoms with E-state index in [4.69, 9.17) is 4.74 Å². The van der Waals surface area contributed by atoms with Crippen LogP contribution in [0.25, 0.3) is 11.0 Å². The van der Waals surface area contributed by atoms with Crippen LogP contribution in [-0.4, -0.2) is 25.4 Å². The number of carbonyl (C=O) groups is 1. The number of ether oxygens (including phenoxy) is 1. The Labute approximate surface area is 118 Å². The number of benzene rings is 1. The van der Waals surface area contributed by atoms with Gasteiger partial charge < -0.3 is 14.3 Å². The third-order valence-electron chi connectivity index (χ3n) is 3.01. The third kappa shape index (κ3) is 2.34. The number of H-pyrrole nitrogens is 1. The van der Waals surface area contributed by atoms with E-state index in [0.717, 1.165) is 5.52 Å². The first kappa shape index (κ1) is 12.9. The van der Waals surface area contributed by atoms with E-state index in [-0.39, 0.29) is 11.6 Å². The van der Waals surface area contributed by atoms with Crippen LogP contribution in [0, 0.1) is 10.1 Å². The lowest BCUT2D eigenvalue weighted by Crippen LogP contribution is -2.10. The van der Waals surface area contributed by atoms with Crippen molar-refractivity contribution < 1.29 is 14.5 Å². The molecule has 0 radical (unpaired) electrons. The minimum atomic E-state index is -0.595. The Morgan fingerprint density at radius 1 is 1.43 bits per heavy atom. The van der Waals surface area contributed by atoms with Crippen molar-refractivity contribution in [1.82, 2.24) is 14.5 Å². The summed E-state index contributed by atoms with van der Waals surface area (Å²) < 4.78 is 6.55. The number of nitrogens with zero attached hydrogens (tertiary/aromatic N) is 3. The van der Waals surface area contributed by atoms with Gasteiger partial charge in [-0.2, -0.15) is 0 Å². The number of imidazole rings is 1. The second kappa shape index (κ2) is 4.75. The fourth-order valence-electron chi connectivity index (χ4n) is 1.95. The molecule has 0 amide bonds. The molecule has 0 fully saturated rings. The molecule has 8 nitrogen and oxygen atoms in total. The molecule has 0 aliphatic carbocycles. The number of nitro groups is 1. The van der Waals surface area contributed by atoms with Crippen LogP contribution in [0.4, 0.5) is 5.69 Å². The van der Waals surface area contributed by atoms with Crippen molar-refractivity contribution in [1.29, 1.82) is 0 Å². The smallest absolute Gasteiger partial charge is 0.344 e. The summed E-state index contributed by atoms with van der Waals surface area (Å²) in [5, 5.41) is 10.7. The van der Waals surface area contributed by atoms with Crippen LogP contribution >= 0.6 is 0 Å². The maximum absolute atomic E-state index is 12.1. The maximum Gasteiger partial charge on any atom is 0.344 e. The fraction of sp³-hybridized carbons (Fsp3) is 0.0769. The van der Waals surface area contributed by atoms with Gasteiger partial charge in [0.2, 0.25) is 5.88 Å². The van der Waals surface area contributed by atoms with Crippen LogP contribution < -0.4 is 4.74 Å². The molecule has 0 saturated heterocycles. The van der Waals surface area contributed by atoms with E-state index in [0.29, 0.717) is 11.1 Å². The van der Waals surface area contributed by atoms with Crippen LogP contribution in [0.15, 0.2) is 36.8 Å². The van der Waals surface area contributed by atoms with E-state index < -0.39 is 10.9 Å². The molecular weight excluding hydrogens is 276 g/mol. The second-order valence-electron chi connectivity index (χ2n) is 4.43. The van der Waals surface area contributed by atoms with E-state index in [9.17, 15) is 14.9 Å². The largest absolute Gasteiger partial charge is 0.405 e. The van der Waals surface area contributed by atoms with Crippen LogP contribution in [0.3, 0.4) is 0 Å². The van der Waals surface area contributed by atoms with Gasteiger partial charge in [0.05, 0.1) is 40.1 Å². The zero-order valence-corrected chi connectivity index (χ0v) is 10.9. The zero-order chi connectivity index (χ0) is 15.0. The van der Waals surface area contributed by atoms with Gasteiger partial charge in [0.15, 0.2) is 0 Å². The Hall–Kier alpha value is -3.16. The highest BCUT2D eigenvalue weighted by Crippen LogP contribution is 2.22. The molecule has 106 valence electrons. The molecule has 1 N–H and O–H groups in total. The van der Waals surface area contributed by atoms with Crippen LogP contribution in [0.2, 0.25) is 0 Å². The minimum Gasteiger partial charge on any atom is -0.405 e. The summed E-state index contributed by atoms with van der Waals surface area (Å²) in [7, 11) is 1.56. The Balaban J connectivity index is 1.87. The average Bonchev–Trinajstić information content (AvgIpc) is 3.05. The minimum absolute atomic E-state index is 0.108. The van der Waals surface area contributed by atoms with Crippen LogP contribution in [0.1, 0.15) is 10.4 Å². The standard InChI is InChI=1S/C13H10N4O4/c1-16-6-9(17(19)20)5-12(16)21-13(18)8-2-3-10-11(4-8)15-7-14-10/h2-7H,1H3,(H,14,15). The van der Waals surface area contributed by atoms with Gasteiger partial charge in [-0.3, -0.25) is 10.1 Å². The monoisotopic (exact) mass is 286 g/mol. The number of fused-ring (bicyclic) bond motifs is 1. The SMILES string of the molecule is Cn1cc([N+](=O)[O-])cc1OC(=O)c1ccc2nc[nH]c2c1. The summed E-state index contributed by atoms with van der Waals surface area (Å²) in [6.45, 7) is 0. The molecule has 3 rings (SSSR count). The summed E-state index contributed by atoms with van der Waals surface area (Å²) in [5.41, 5.74) is 1.64. The summed E-state index contributed by atoms with van der Waals surface area (Å²) >= 11 is 0. The molecule has 0 bridgehead atoms. The number of esters is 1. The molecule has 1 aromatic carbocycles. The Bertz CT molecular complexity index is 849. The molecule has 0 aliphatic heterocycles. The molecule has 0 unspecified atom stereocenters. The highest BCUT2D eigenvalue weighted by molar-refractivity contribution is 5.94. The van der Waals surface area contributed by atoms with Crippen molar-refractivity contribution in [2.45, 2.75) is 0 Å². The van der Waals surface area contributed by atoms with Crippen molar-refractivity contribution in [2.75, 3.05) is 0 Å². The Kier molecular flexibility index (Phi) is 2.90. The van der Waals surface area contributed by atoms with Gasteiger partial charge in [0.1, 0.15) is 0 Å². The summed E-state index contributed by atoms with van der Waals surface area (Å²) in [5.74, 6) is -0.487. The molecular formula is C13H10N4O4. The van der Waals surface area contributed by atoms with E-state index in [1.54, 1.807) is 25.2 Å². The molecule has 0 aliphatic rings. The number of nitrogens with one attached hydrogen (secondary N) is 1. The van der Waals surface area contributed by atoms with Crippen molar-refractivity contribution >= 4 is 22.7 Å². The van der Waals surface area contributed by atoms with Gasteiger partial charge in [0.25, 0.3) is 5.69 Å². The molecule has 0 atom stereocenters. The van der Waals surface area contributed by atoms with E-state index in [2.05, 4.69) is 9.97 Å². The Morgan fingerprint density at radius 3 is 2.95 bits per heavy atom. The number of hydrogen-bond donors (Lipinski definition) is 1.